The van der Waals surface area contributed by atoms with Crippen molar-refractivity contribution < 1.29 is 4.79 Å². The van der Waals surface area contributed by atoms with Gasteiger partial charge >= 0.3 is 0 Å². The van der Waals surface area contributed by atoms with Gasteiger partial charge in [0.15, 0.2) is 0 Å². The van der Waals surface area contributed by atoms with Gasteiger partial charge in [-0.2, -0.15) is 0 Å². The Balaban J connectivity index is 2.05. The van der Waals surface area contributed by atoms with Crippen LogP contribution in [0.4, 0.5) is 0 Å². The Morgan fingerprint density at radius 1 is 1.32 bits per heavy atom. The molecule has 25 heavy (non-hydrogen) atoms. The molecule has 0 bridgehead atoms. The van der Waals surface area contributed by atoms with Crippen LogP contribution in [-0.4, -0.2) is 46.8 Å². The third kappa shape index (κ3) is 4.74. The van der Waals surface area contributed by atoms with Crippen molar-refractivity contribution in [1.82, 2.24) is 20.0 Å². The fourth-order valence-corrected chi connectivity index (χ4v) is 3.03. The normalized spacial score (nSPS) is 11.1. The van der Waals surface area contributed by atoms with E-state index < -0.39 is 0 Å². The van der Waals surface area contributed by atoms with E-state index in [0.29, 0.717) is 17.3 Å². The number of para-hydroxylation sites is 1. The van der Waals surface area contributed by atoms with Gasteiger partial charge in [0.25, 0.3) is 11.5 Å². The van der Waals surface area contributed by atoms with Gasteiger partial charge in [-0.05, 0) is 44.6 Å². The minimum atomic E-state index is -0.315. The van der Waals surface area contributed by atoms with Crippen LogP contribution in [0.1, 0.15) is 36.3 Å². The maximum absolute atomic E-state index is 12.3. The summed E-state index contributed by atoms with van der Waals surface area (Å²) in [5, 5.41) is 6.14. The van der Waals surface area contributed by atoms with Crippen LogP contribution in [0, 0.1) is 6.92 Å². The van der Waals surface area contributed by atoms with Gasteiger partial charge in [-0.3, -0.25) is 14.7 Å². The lowest BCUT2D eigenvalue weighted by Gasteiger charge is -2.17. The van der Waals surface area contributed by atoms with Crippen LogP contribution in [0.25, 0.3) is 5.69 Å². The van der Waals surface area contributed by atoms with Gasteiger partial charge in [-0.1, -0.05) is 37.6 Å². The van der Waals surface area contributed by atoms with Crippen LogP contribution in [0.2, 0.25) is 5.02 Å². The summed E-state index contributed by atoms with van der Waals surface area (Å²) in [5.41, 5.74) is 1.33. The zero-order valence-corrected chi connectivity index (χ0v) is 15.7. The molecule has 0 unspecified atom stereocenters. The molecule has 0 saturated heterocycles. The zero-order valence-electron chi connectivity index (χ0n) is 14.9. The lowest BCUT2D eigenvalue weighted by atomic mass is 10.2. The SMILES string of the molecule is CCN(CC)CCCNC(=O)c1cc(=O)n(-c2c(C)cccc2Cl)[nH]1. The van der Waals surface area contributed by atoms with Crippen LogP contribution in [-0.2, 0) is 0 Å². The van der Waals surface area contributed by atoms with Crippen molar-refractivity contribution in [3.8, 4) is 5.69 Å². The van der Waals surface area contributed by atoms with Gasteiger partial charge in [0.1, 0.15) is 5.69 Å². The number of aryl methyl sites for hydroxylation is 1. The highest BCUT2D eigenvalue weighted by atomic mass is 35.5. The number of nitrogens with zero attached hydrogens (tertiary/aromatic N) is 2. The number of carbonyl (C=O) groups excluding carboxylic acids is 1. The maximum Gasteiger partial charge on any atom is 0.272 e. The zero-order chi connectivity index (χ0) is 18.4. The number of amides is 1. The number of aromatic amines is 1. The first-order valence-electron chi connectivity index (χ1n) is 8.56. The predicted molar refractivity (Wildman–Crippen MR) is 101 cm³/mol. The second-order valence-electron chi connectivity index (χ2n) is 5.89. The van der Waals surface area contributed by atoms with Gasteiger partial charge in [0, 0.05) is 12.6 Å². The highest BCUT2D eigenvalue weighted by molar-refractivity contribution is 6.32. The molecule has 7 heteroatoms. The quantitative estimate of drug-likeness (QED) is 0.707. The van der Waals surface area contributed by atoms with Crippen LogP contribution >= 0.6 is 11.6 Å². The highest BCUT2D eigenvalue weighted by Crippen LogP contribution is 2.22. The average molecular weight is 365 g/mol. The van der Waals surface area contributed by atoms with E-state index in [4.69, 9.17) is 11.6 Å². The van der Waals surface area contributed by atoms with Crippen molar-refractivity contribution in [3.63, 3.8) is 0 Å². The summed E-state index contributed by atoms with van der Waals surface area (Å²) in [4.78, 5) is 26.8. The number of benzene rings is 1. The highest BCUT2D eigenvalue weighted by Gasteiger charge is 2.15. The van der Waals surface area contributed by atoms with E-state index >= 15 is 0 Å². The Bertz CT molecular complexity index is 757. The molecule has 2 rings (SSSR count). The van der Waals surface area contributed by atoms with E-state index in [2.05, 4.69) is 29.2 Å². The Morgan fingerprint density at radius 3 is 2.68 bits per heavy atom. The number of nitrogens with one attached hydrogen (secondary N) is 2. The second-order valence-corrected chi connectivity index (χ2v) is 6.29. The molecule has 1 aromatic carbocycles. The summed E-state index contributed by atoms with van der Waals surface area (Å²) in [6.45, 7) is 9.59. The molecule has 2 aromatic rings. The van der Waals surface area contributed by atoms with Gasteiger partial charge in [-0.25, -0.2) is 4.68 Å². The fraction of sp³-hybridized carbons (Fsp3) is 0.444. The number of H-pyrrole nitrogens is 1. The molecule has 0 spiro atoms. The van der Waals surface area contributed by atoms with E-state index in [1.165, 1.54) is 10.7 Å². The molecule has 0 fully saturated rings. The molecular formula is C18H25ClN4O2. The smallest absolute Gasteiger partial charge is 0.272 e. The van der Waals surface area contributed by atoms with Gasteiger partial charge in [0.2, 0.25) is 0 Å². The first-order chi connectivity index (χ1) is 12.0. The van der Waals surface area contributed by atoms with E-state index in [9.17, 15) is 9.59 Å². The maximum atomic E-state index is 12.3. The van der Waals surface area contributed by atoms with Crippen molar-refractivity contribution in [2.45, 2.75) is 27.2 Å². The standard InChI is InChI=1S/C18H25ClN4O2/c1-4-22(5-2)11-7-10-20-18(25)15-12-16(24)23(21-15)17-13(3)8-6-9-14(17)19/h6,8-9,12,21H,4-5,7,10-11H2,1-3H3,(H,20,25). The van der Waals surface area contributed by atoms with Gasteiger partial charge in [0.05, 0.1) is 10.7 Å². The molecule has 0 aliphatic rings. The summed E-state index contributed by atoms with van der Waals surface area (Å²) in [7, 11) is 0. The molecule has 0 radical (unpaired) electrons. The van der Waals surface area contributed by atoms with Crippen molar-refractivity contribution in [2.24, 2.45) is 0 Å². The van der Waals surface area contributed by atoms with Crippen molar-refractivity contribution in [2.75, 3.05) is 26.2 Å². The number of hydrogen-bond donors (Lipinski definition) is 2. The van der Waals surface area contributed by atoms with E-state index in [0.717, 1.165) is 31.6 Å². The summed E-state index contributed by atoms with van der Waals surface area (Å²) in [6, 6.07) is 6.69. The molecule has 1 amide bonds. The van der Waals surface area contributed by atoms with Crippen LogP contribution in [0.15, 0.2) is 29.1 Å². The summed E-state index contributed by atoms with van der Waals surface area (Å²) < 4.78 is 1.31. The molecule has 0 aliphatic heterocycles. The number of aromatic nitrogens is 2. The third-order valence-corrected chi connectivity index (χ3v) is 4.51. The topological polar surface area (TPSA) is 70.1 Å². The molecule has 0 saturated carbocycles. The summed E-state index contributed by atoms with van der Waals surface area (Å²) in [5.74, 6) is -0.292. The lowest BCUT2D eigenvalue weighted by molar-refractivity contribution is 0.0946. The first kappa shape index (κ1) is 19.3. The fourth-order valence-electron chi connectivity index (χ4n) is 2.72. The minimum absolute atomic E-state index is 0.229. The van der Waals surface area contributed by atoms with Crippen LogP contribution in [0.3, 0.4) is 0 Å². The number of hydrogen-bond acceptors (Lipinski definition) is 3. The van der Waals surface area contributed by atoms with Crippen molar-refractivity contribution >= 4 is 17.5 Å². The predicted octanol–water partition coefficient (Wildman–Crippen LogP) is 2.59. The molecule has 2 N–H and O–H groups in total. The average Bonchev–Trinajstić information content (AvgIpc) is 2.96. The summed E-state index contributed by atoms with van der Waals surface area (Å²) in [6.07, 6.45) is 0.863. The van der Waals surface area contributed by atoms with Crippen molar-refractivity contribution in [3.05, 3.63) is 50.9 Å². The van der Waals surface area contributed by atoms with Gasteiger partial charge < -0.3 is 10.2 Å². The number of rotatable bonds is 8. The Labute approximate surface area is 152 Å². The molecule has 6 nitrogen and oxygen atoms in total. The third-order valence-electron chi connectivity index (χ3n) is 4.21. The Hall–Kier alpha value is -2.05. The largest absolute Gasteiger partial charge is 0.351 e. The monoisotopic (exact) mass is 364 g/mol. The molecule has 1 aromatic heterocycles. The molecular weight excluding hydrogens is 340 g/mol. The Morgan fingerprint density at radius 2 is 2.04 bits per heavy atom. The van der Waals surface area contributed by atoms with Crippen LogP contribution in [0.5, 0.6) is 0 Å². The molecule has 0 aliphatic carbocycles. The molecule has 0 atom stereocenters. The second kappa shape index (κ2) is 8.87. The molecule has 136 valence electrons. The minimum Gasteiger partial charge on any atom is -0.351 e. The lowest BCUT2D eigenvalue weighted by Crippen LogP contribution is -2.30. The van der Waals surface area contributed by atoms with E-state index in [1.807, 2.05) is 19.1 Å². The van der Waals surface area contributed by atoms with E-state index in [-0.39, 0.29) is 17.2 Å². The van der Waals surface area contributed by atoms with E-state index in [1.54, 1.807) is 6.07 Å². The molecule has 1 heterocycles. The van der Waals surface area contributed by atoms with Crippen molar-refractivity contribution in [1.29, 1.82) is 0 Å². The number of carbonyl (C=O) groups is 1. The Kier molecular flexibility index (Phi) is 6.84. The first-order valence-corrected chi connectivity index (χ1v) is 8.93. The van der Waals surface area contributed by atoms with Gasteiger partial charge in [-0.15, -0.1) is 0 Å². The summed E-state index contributed by atoms with van der Waals surface area (Å²) >= 11 is 6.20. The van der Waals surface area contributed by atoms with Crippen LogP contribution < -0.4 is 10.9 Å². The number of halogens is 1.